The Morgan fingerprint density at radius 3 is 2.42 bits per heavy atom. The van der Waals surface area contributed by atoms with Crippen LogP contribution in [-0.2, 0) is 4.74 Å². The molecular weight excluding hydrogens is 231 g/mol. The summed E-state index contributed by atoms with van der Waals surface area (Å²) in [5, 5.41) is 0. The molecule has 12 heavy (non-hydrogen) atoms. The molecule has 0 aromatic heterocycles. The third kappa shape index (κ3) is 3.72. The first kappa shape index (κ1) is 12.2. The molecule has 0 fully saturated rings. The Kier molecular flexibility index (Phi) is 6.76. The fraction of sp³-hybridized carbons (Fsp3) is 0.125. The van der Waals surface area contributed by atoms with E-state index in [0.29, 0.717) is 5.56 Å². The molecule has 0 bridgehead atoms. The van der Waals surface area contributed by atoms with Gasteiger partial charge in [-0.15, -0.1) is 0 Å². The molecular formula is C8H7BrNaO2. The van der Waals surface area contributed by atoms with E-state index in [0.717, 1.165) is 0 Å². The second kappa shape index (κ2) is 6.66. The van der Waals surface area contributed by atoms with Gasteiger partial charge in [0.1, 0.15) is 5.52 Å². The molecule has 1 rings (SSSR count). The number of benzene rings is 1. The van der Waals surface area contributed by atoms with Gasteiger partial charge in [0.25, 0.3) is 0 Å². The minimum Gasteiger partial charge on any atom is -0.450 e. The van der Waals surface area contributed by atoms with Crippen molar-refractivity contribution in [3.63, 3.8) is 0 Å². The Balaban J connectivity index is 0.00000121. The summed E-state index contributed by atoms with van der Waals surface area (Å²) >= 11 is 3.00. The normalized spacial score (nSPS) is 8.42. The van der Waals surface area contributed by atoms with Gasteiger partial charge in [-0.2, -0.15) is 0 Å². The van der Waals surface area contributed by atoms with Crippen LogP contribution in [0.5, 0.6) is 0 Å². The summed E-state index contributed by atoms with van der Waals surface area (Å²) in [6.07, 6.45) is 0. The summed E-state index contributed by atoms with van der Waals surface area (Å²) in [5.41, 5.74) is 0.813. The summed E-state index contributed by atoms with van der Waals surface area (Å²) < 4.78 is 4.71. The number of rotatable bonds is 2. The molecule has 0 saturated carbocycles. The summed E-state index contributed by atoms with van der Waals surface area (Å²) in [4.78, 5) is 11.0. The number of halogens is 1. The van der Waals surface area contributed by atoms with E-state index < -0.39 is 0 Å². The van der Waals surface area contributed by atoms with Crippen molar-refractivity contribution in [3.8, 4) is 0 Å². The summed E-state index contributed by atoms with van der Waals surface area (Å²) in [7, 11) is 0. The van der Waals surface area contributed by atoms with Gasteiger partial charge in [0.15, 0.2) is 0 Å². The van der Waals surface area contributed by atoms with Crippen molar-refractivity contribution >= 4 is 51.5 Å². The van der Waals surface area contributed by atoms with Crippen molar-refractivity contribution < 1.29 is 9.53 Å². The predicted molar refractivity (Wildman–Crippen MR) is 51.4 cm³/mol. The largest absolute Gasteiger partial charge is 0.450 e. The van der Waals surface area contributed by atoms with Gasteiger partial charge >= 0.3 is 5.97 Å². The van der Waals surface area contributed by atoms with Crippen molar-refractivity contribution in [2.45, 2.75) is 0 Å². The van der Waals surface area contributed by atoms with E-state index in [2.05, 4.69) is 15.9 Å². The van der Waals surface area contributed by atoms with Gasteiger partial charge in [0.05, 0.1) is 5.56 Å². The van der Waals surface area contributed by atoms with Crippen LogP contribution in [0.1, 0.15) is 10.4 Å². The molecule has 0 amide bonds. The monoisotopic (exact) mass is 237 g/mol. The Labute approximate surface area is 102 Å². The van der Waals surface area contributed by atoms with Crippen LogP contribution in [0.4, 0.5) is 0 Å². The summed E-state index contributed by atoms with van der Waals surface area (Å²) in [5.74, 6) is -0.303. The van der Waals surface area contributed by atoms with E-state index in [9.17, 15) is 4.79 Å². The van der Waals surface area contributed by atoms with Crippen molar-refractivity contribution in [2.24, 2.45) is 0 Å². The van der Waals surface area contributed by atoms with E-state index in [1.54, 1.807) is 24.3 Å². The molecule has 0 spiro atoms. The molecule has 1 aromatic carbocycles. The molecule has 0 heterocycles. The molecule has 0 saturated heterocycles. The minimum atomic E-state index is -0.303. The van der Waals surface area contributed by atoms with Crippen molar-refractivity contribution in [3.05, 3.63) is 35.9 Å². The maximum Gasteiger partial charge on any atom is 0.338 e. The van der Waals surface area contributed by atoms with Crippen LogP contribution >= 0.6 is 15.9 Å². The second-order valence-corrected chi connectivity index (χ2v) is 2.36. The van der Waals surface area contributed by atoms with Crippen LogP contribution in [0.3, 0.4) is 0 Å². The van der Waals surface area contributed by atoms with Crippen LogP contribution in [0.25, 0.3) is 0 Å². The molecule has 2 nitrogen and oxygen atoms in total. The van der Waals surface area contributed by atoms with Crippen molar-refractivity contribution in [1.29, 1.82) is 0 Å². The number of esters is 1. The van der Waals surface area contributed by atoms with E-state index in [4.69, 9.17) is 4.74 Å². The average Bonchev–Trinajstić information content (AvgIpc) is 2.07. The smallest absolute Gasteiger partial charge is 0.338 e. The zero-order valence-corrected chi connectivity index (χ0v) is 10.4. The van der Waals surface area contributed by atoms with Gasteiger partial charge in [-0.3, -0.25) is 0 Å². The first-order chi connectivity index (χ1) is 5.34. The fourth-order valence-corrected chi connectivity index (χ4v) is 0.915. The third-order valence-electron chi connectivity index (χ3n) is 1.20. The average molecular weight is 238 g/mol. The Morgan fingerprint density at radius 2 is 1.92 bits per heavy atom. The molecule has 0 unspecified atom stereocenters. The number of hydrogen-bond donors (Lipinski definition) is 0. The Morgan fingerprint density at radius 1 is 1.33 bits per heavy atom. The quantitative estimate of drug-likeness (QED) is 0.446. The number of carbonyl (C=O) groups excluding carboxylic acids is 1. The topological polar surface area (TPSA) is 26.3 Å². The maximum atomic E-state index is 11.0. The number of carbonyl (C=O) groups is 1. The predicted octanol–water partition coefficient (Wildman–Crippen LogP) is 1.81. The van der Waals surface area contributed by atoms with Gasteiger partial charge < -0.3 is 4.74 Å². The molecule has 0 atom stereocenters. The van der Waals surface area contributed by atoms with E-state index in [-0.39, 0.29) is 41.0 Å². The SMILES string of the molecule is O=C(OCBr)c1ccccc1.[Na]. The van der Waals surface area contributed by atoms with Gasteiger partial charge in [-0.1, -0.05) is 18.2 Å². The van der Waals surface area contributed by atoms with Gasteiger partial charge in [0.2, 0.25) is 0 Å². The Bertz CT molecular complexity index is 238. The first-order valence-corrected chi connectivity index (χ1v) is 4.25. The van der Waals surface area contributed by atoms with Crippen LogP contribution in [0.2, 0.25) is 0 Å². The molecule has 0 aliphatic heterocycles. The Hall–Kier alpha value is 0.170. The minimum absolute atomic E-state index is 0. The molecule has 4 heteroatoms. The van der Waals surface area contributed by atoms with Crippen LogP contribution < -0.4 is 0 Å². The van der Waals surface area contributed by atoms with Crippen LogP contribution in [-0.4, -0.2) is 41.0 Å². The number of hydrogen-bond acceptors (Lipinski definition) is 2. The second-order valence-electron chi connectivity index (χ2n) is 1.91. The molecule has 1 radical (unpaired) electrons. The summed E-state index contributed by atoms with van der Waals surface area (Å²) in [6, 6.07) is 8.87. The van der Waals surface area contributed by atoms with E-state index in [1.165, 1.54) is 0 Å². The van der Waals surface area contributed by atoms with Gasteiger partial charge in [-0.05, 0) is 28.1 Å². The number of alkyl halides is 1. The number of ether oxygens (including phenoxy) is 1. The van der Waals surface area contributed by atoms with Crippen LogP contribution in [0, 0.1) is 0 Å². The zero-order valence-electron chi connectivity index (χ0n) is 6.79. The van der Waals surface area contributed by atoms with Crippen LogP contribution in [0.15, 0.2) is 30.3 Å². The molecule has 0 aliphatic rings. The van der Waals surface area contributed by atoms with E-state index >= 15 is 0 Å². The maximum absolute atomic E-state index is 11.0. The van der Waals surface area contributed by atoms with E-state index in [1.807, 2.05) is 6.07 Å². The van der Waals surface area contributed by atoms with Gasteiger partial charge in [-0.25, -0.2) is 4.79 Å². The van der Waals surface area contributed by atoms with Crippen molar-refractivity contribution in [1.82, 2.24) is 0 Å². The molecule has 0 aliphatic carbocycles. The third-order valence-corrected chi connectivity index (χ3v) is 1.42. The van der Waals surface area contributed by atoms with Gasteiger partial charge in [0, 0.05) is 29.6 Å². The fourth-order valence-electron chi connectivity index (χ4n) is 0.707. The first-order valence-electron chi connectivity index (χ1n) is 3.12. The summed E-state index contributed by atoms with van der Waals surface area (Å²) in [6.45, 7) is 0. The zero-order chi connectivity index (χ0) is 8.10. The molecule has 0 N–H and O–H groups in total. The van der Waals surface area contributed by atoms with Crippen molar-refractivity contribution in [2.75, 3.05) is 5.52 Å². The molecule has 1 aromatic rings. The molecule has 59 valence electrons. The standard InChI is InChI=1S/C8H7BrO2.Na/c9-6-11-8(10)7-4-2-1-3-5-7;/h1-5H,6H2;.